The summed E-state index contributed by atoms with van der Waals surface area (Å²) in [7, 11) is 0. The molecule has 0 unspecified atom stereocenters. The minimum Gasteiger partial charge on any atom is -0.456 e. The molecule has 1 amide bonds. The summed E-state index contributed by atoms with van der Waals surface area (Å²) in [6.45, 7) is 1.99. The van der Waals surface area contributed by atoms with Gasteiger partial charge in [-0.25, -0.2) is 9.18 Å². The van der Waals surface area contributed by atoms with E-state index in [0.29, 0.717) is 29.2 Å². The number of benzene rings is 2. The van der Waals surface area contributed by atoms with E-state index in [2.05, 4.69) is 6.07 Å². The van der Waals surface area contributed by atoms with E-state index in [0.717, 1.165) is 6.07 Å². The van der Waals surface area contributed by atoms with Gasteiger partial charge in [0.1, 0.15) is 29.7 Å². The van der Waals surface area contributed by atoms with E-state index in [-0.39, 0.29) is 28.6 Å². The van der Waals surface area contributed by atoms with Crippen molar-refractivity contribution in [3.63, 3.8) is 0 Å². The summed E-state index contributed by atoms with van der Waals surface area (Å²) in [5, 5.41) is 10.1. The molecule has 0 aliphatic carbocycles. The number of para-hydroxylation sites is 1. The van der Waals surface area contributed by atoms with Crippen molar-refractivity contribution in [2.75, 3.05) is 23.0 Å². The maximum Gasteiger partial charge on any atom is 0.338 e. The van der Waals surface area contributed by atoms with Crippen LogP contribution in [-0.4, -0.2) is 25.0 Å². The Morgan fingerprint density at radius 2 is 2.03 bits per heavy atom. The van der Waals surface area contributed by atoms with Crippen LogP contribution in [0.5, 0.6) is 0 Å². The van der Waals surface area contributed by atoms with Crippen molar-refractivity contribution in [2.45, 2.75) is 12.3 Å². The lowest BCUT2D eigenvalue weighted by Gasteiger charge is -2.38. The second-order valence-corrected chi connectivity index (χ2v) is 7.93. The number of nitrogens with zero attached hydrogens (tertiary/aromatic N) is 3. The third kappa shape index (κ3) is 2.29. The Hall–Kier alpha value is -3.83. The predicted molar refractivity (Wildman–Crippen MR) is 115 cm³/mol. The minimum absolute atomic E-state index is 0.0390. The van der Waals surface area contributed by atoms with Crippen LogP contribution in [0.3, 0.4) is 0 Å². The number of likely N-dealkylation sites (N-methyl/N-ethyl adjacent to an activating group) is 1. The minimum atomic E-state index is -1.71. The molecule has 0 radical (unpaired) electrons. The Morgan fingerprint density at radius 3 is 2.72 bits per heavy atom. The van der Waals surface area contributed by atoms with Crippen LogP contribution in [0.15, 0.2) is 65.1 Å². The van der Waals surface area contributed by atoms with Crippen LogP contribution >= 0.6 is 11.6 Å². The van der Waals surface area contributed by atoms with Gasteiger partial charge in [-0.3, -0.25) is 9.69 Å². The van der Waals surface area contributed by atoms with Gasteiger partial charge in [-0.1, -0.05) is 29.8 Å². The zero-order chi connectivity index (χ0) is 22.8. The molecule has 0 saturated heterocycles. The summed E-state index contributed by atoms with van der Waals surface area (Å²) < 4.78 is 19.1. The number of esters is 1. The Morgan fingerprint density at radius 1 is 1.28 bits per heavy atom. The number of carbonyl (C=O) groups is 2. The molecule has 0 bridgehead atoms. The standard InChI is InChI=1S/C23H16ClFN4O3/c1-2-28-17-6-4-3-5-13(17)23(22(28)31)14(10-26)20(27)29(18-11-32-21(30)19(18)23)12-7-8-16(25)15(24)9-12/h3-9H,2,11,27H2,1H3/t23-/m1/s1. The van der Waals surface area contributed by atoms with E-state index in [9.17, 15) is 19.2 Å². The van der Waals surface area contributed by atoms with Crippen LogP contribution in [0, 0.1) is 17.1 Å². The second kappa shape index (κ2) is 6.84. The SMILES string of the molecule is CCN1C(=O)[C@@]2(C(C#N)=C(N)N(c3ccc(F)c(Cl)c3)C3=C2C(=O)OC3)c2ccccc21. The maximum absolute atomic E-state index is 13.9. The first-order valence-corrected chi connectivity index (χ1v) is 10.2. The number of halogens is 2. The lowest BCUT2D eigenvalue weighted by atomic mass is 9.67. The molecule has 5 rings (SSSR count). The first kappa shape index (κ1) is 20.1. The van der Waals surface area contributed by atoms with E-state index >= 15 is 0 Å². The molecule has 2 N–H and O–H groups in total. The predicted octanol–water partition coefficient (Wildman–Crippen LogP) is 3.11. The molecule has 1 spiro atoms. The lowest BCUT2D eigenvalue weighted by Crippen LogP contribution is -2.50. The second-order valence-electron chi connectivity index (χ2n) is 7.52. The van der Waals surface area contributed by atoms with Crippen LogP contribution in [0.1, 0.15) is 12.5 Å². The Labute approximate surface area is 187 Å². The van der Waals surface area contributed by atoms with Crippen LogP contribution in [0.2, 0.25) is 5.02 Å². The van der Waals surface area contributed by atoms with Crippen molar-refractivity contribution in [3.8, 4) is 6.07 Å². The van der Waals surface area contributed by atoms with Gasteiger partial charge >= 0.3 is 5.97 Å². The molecule has 0 aromatic heterocycles. The number of nitrogens with two attached hydrogens (primary N) is 1. The van der Waals surface area contributed by atoms with E-state index < -0.39 is 23.1 Å². The molecular weight excluding hydrogens is 435 g/mol. The molecule has 2 aromatic rings. The third-order valence-corrected chi connectivity index (χ3v) is 6.39. The molecule has 2 aromatic carbocycles. The molecule has 160 valence electrons. The van der Waals surface area contributed by atoms with Gasteiger partial charge in [0.05, 0.1) is 21.9 Å². The quantitative estimate of drug-likeness (QED) is 0.706. The monoisotopic (exact) mass is 450 g/mol. The van der Waals surface area contributed by atoms with Crippen molar-refractivity contribution < 1.29 is 18.7 Å². The smallest absolute Gasteiger partial charge is 0.338 e. The van der Waals surface area contributed by atoms with Crippen LogP contribution in [0.25, 0.3) is 0 Å². The average molecular weight is 451 g/mol. The highest BCUT2D eigenvalue weighted by Crippen LogP contribution is 2.56. The van der Waals surface area contributed by atoms with Gasteiger partial charge in [0.15, 0.2) is 0 Å². The van der Waals surface area contributed by atoms with Crippen LogP contribution in [0.4, 0.5) is 15.8 Å². The van der Waals surface area contributed by atoms with Gasteiger partial charge in [-0.2, -0.15) is 5.26 Å². The molecule has 32 heavy (non-hydrogen) atoms. The van der Waals surface area contributed by atoms with Gasteiger partial charge in [0.2, 0.25) is 5.91 Å². The molecule has 3 aliphatic heterocycles. The molecule has 1 atom stereocenters. The number of rotatable bonds is 2. The van der Waals surface area contributed by atoms with Crippen molar-refractivity contribution in [3.05, 3.63) is 81.5 Å². The summed E-state index contributed by atoms with van der Waals surface area (Å²) >= 11 is 5.97. The van der Waals surface area contributed by atoms with Crippen molar-refractivity contribution in [1.29, 1.82) is 5.26 Å². The maximum atomic E-state index is 13.9. The first-order chi connectivity index (χ1) is 15.4. The zero-order valence-electron chi connectivity index (χ0n) is 16.9. The Balaban J connectivity index is 1.87. The summed E-state index contributed by atoms with van der Waals surface area (Å²) in [5.41, 5.74) is 6.48. The van der Waals surface area contributed by atoms with Gasteiger partial charge in [-0.15, -0.1) is 0 Å². The van der Waals surface area contributed by atoms with Crippen LogP contribution in [-0.2, 0) is 19.7 Å². The van der Waals surface area contributed by atoms with Crippen LogP contribution < -0.4 is 15.5 Å². The summed E-state index contributed by atoms with van der Waals surface area (Å²) in [6, 6.07) is 13.0. The Kier molecular flexibility index (Phi) is 4.29. The number of hydrogen-bond donors (Lipinski definition) is 1. The highest BCUT2D eigenvalue weighted by Gasteiger charge is 2.63. The topological polar surface area (TPSA) is 99.7 Å². The van der Waals surface area contributed by atoms with Crippen molar-refractivity contribution in [1.82, 2.24) is 0 Å². The fraction of sp³-hybridized carbons (Fsp3) is 0.174. The number of nitriles is 1. The highest BCUT2D eigenvalue weighted by molar-refractivity contribution is 6.31. The zero-order valence-corrected chi connectivity index (χ0v) is 17.6. The summed E-state index contributed by atoms with van der Waals surface area (Å²) in [4.78, 5) is 29.9. The third-order valence-electron chi connectivity index (χ3n) is 6.10. The average Bonchev–Trinajstić information content (AvgIpc) is 3.27. The van der Waals surface area contributed by atoms with Crippen molar-refractivity contribution >= 4 is 34.9 Å². The van der Waals surface area contributed by atoms with E-state index in [1.54, 1.807) is 24.3 Å². The molecule has 3 aliphatic rings. The normalized spacial score (nSPS) is 21.8. The number of fused-ring (bicyclic) bond motifs is 3. The highest BCUT2D eigenvalue weighted by atomic mass is 35.5. The lowest BCUT2D eigenvalue weighted by molar-refractivity contribution is -0.137. The van der Waals surface area contributed by atoms with E-state index in [1.165, 1.54) is 21.9 Å². The van der Waals surface area contributed by atoms with E-state index in [1.807, 2.05) is 6.92 Å². The number of amides is 1. The summed E-state index contributed by atoms with van der Waals surface area (Å²) in [5.74, 6) is -1.82. The molecule has 7 nitrogen and oxygen atoms in total. The van der Waals surface area contributed by atoms with Gasteiger partial charge in [0.25, 0.3) is 0 Å². The molecule has 0 saturated carbocycles. The number of ether oxygens (including phenoxy) is 1. The number of anilines is 2. The molecule has 3 heterocycles. The van der Waals surface area contributed by atoms with Crippen molar-refractivity contribution in [2.24, 2.45) is 5.73 Å². The first-order valence-electron chi connectivity index (χ1n) is 9.85. The number of cyclic esters (lactones) is 1. The summed E-state index contributed by atoms with van der Waals surface area (Å²) in [6.07, 6.45) is 0. The van der Waals surface area contributed by atoms with Gasteiger partial charge in [-0.05, 0) is 31.2 Å². The largest absolute Gasteiger partial charge is 0.456 e. The molecule has 9 heteroatoms. The number of hydrogen-bond acceptors (Lipinski definition) is 6. The van der Waals surface area contributed by atoms with Gasteiger partial charge < -0.3 is 15.4 Å². The molecular formula is C23H16ClFN4O3. The Bertz CT molecular complexity index is 1330. The van der Waals surface area contributed by atoms with E-state index in [4.69, 9.17) is 22.1 Å². The molecule has 0 fully saturated rings. The number of carbonyl (C=O) groups excluding carboxylic acids is 2. The fourth-order valence-electron chi connectivity index (χ4n) is 4.83. The van der Waals surface area contributed by atoms with Gasteiger partial charge in [0, 0.05) is 23.5 Å². The fourth-order valence-corrected chi connectivity index (χ4v) is 5.00.